The third-order valence-corrected chi connectivity index (χ3v) is 3.52. The van der Waals surface area contributed by atoms with Gasteiger partial charge in [0.25, 0.3) is 0 Å². The van der Waals surface area contributed by atoms with Crippen molar-refractivity contribution in [2.75, 3.05) is 13.1 Å². The molecule has 0 radical (unpaired) electrons. The van der Waals surface area contributed by atoms with Crippen LogP contribution in [-0.2, 0) is 4.79 Å². The Bertz CT molecular complexity index is 227. The van der Waals surface area contributed by atoms with Gasteiger partial charge in [-0.05, 0) is 19.3 Å². The summed E-state index contributed by atoms with van der Waals surface area (Å²) in [6.07, 6.45) is 5.61. The standard InChI is InChI=1S/C11H20N2O2/c14-10-4-3-9(7-12-10)13-8-11(15)5-1-2-6-11/h9,13,15H,1-8H2,(H,12,14). The molecule has 1 saturated carbocycles. The highest BCUT2D eigenvalue weighted by molar-refractivity contribution is 5.76. The van der Waals surface area contributed by atoms with E-state index in [4.69, 9.17) is 0 Å². The van der Waals surface area contributed by atoms with Gasteiger partial charge >= 0.3 is 0 Å². The molecule has 2 rings (SSSR count). The second kappa shape index (κ2) is 4.49. The Balaban J connectivity index is 1.71. The van der Waals surface area contributed by atoms with Crippen LogP contribution in [0.25, 0.3) is 0 Å². The molecule has 1 aliphatic heterocycles. The SMILES string of the molecule is O=C1CCC(NCC2(O)CCCC2)CN1. The number of aliphatic hydroxyl groups is 1. The normalized spacial score (nSPS) is 30.2. The van der Waals surface area contributed by atoms with Crippen LogP contribution >= 0.6 is 0 Å². The first-order valence-corrected chi connectivity index (χ1v) is 5.90. The molecule has 1 aliphatic carbocycles. The molecule has 4 heteroatoms. The predicted molar refractivity (Wildman–Crippen MR) is 57.5 cm³/mol. The van der Waals surface area contributed by atoms with E-state index in [1.54, 1.807) is 0 Å². The van der Waals surface area contributed by atoms with Crippen LogP contribution in [0.4, 0.5) is 0 Å². The van der Waals surface area contributed by atoms with Gasteiger partial charge in [0.15, 0.2) is 0 Å². The molecule has 4 nitrogen and oxygen atoms in total. The van der Waals surface area contributed by atoms with E-state index in [0.29, 0.717) is 25.6 Å². The van der Waals surface area contributed by atoms with Crippen molar-refractivity contribution in [2.45, 2.75) is 50.2 Å². The number of carbonyl (C=O) groups is 1. The monoisotopic (exact) mass is 212 g/mol. The molecule has 0 bridgehead atoms. The Morgan fingerprint density at radius 2 is 2.20 bits per heavy atom. The lowest BCUT2D eigenvalue weighted by molar-refractivity contribution is -0.122. The fourth-order valence-electron chi connectivity index (χ4n) is 2.45. The molecule has 1 amide bonds. The van der Waals surface area contributed by atoms with E-state index in [2.05, 4.69) is 10.6 Å². The van der Waals surface area contributed by atoms with E-state index >= 15 is 0 Å². The van der Waals surface area contributed by atoms with Crippen molar-refractivity contribution in [1.29, 1.82) is 0 Å². The zero-order valence-electron chi connectivity index (χ0n) is 9.09. The number of rotatable bonds is 3. The second-order valence-electron chi connectivity index (χ2n) is 4.85. The maximum atomic E-state index is 10.9. The summed E-state index contributed by atoms with van der Waals surface area (Å²) in [6.45, 7) is 1.38. The molecule has 1 saturated heterocycles. The summed E-state index contributed by atoms with van der Waals surface area (Å²) >= 11 is 0. The first-order chi connectivity index (χ1) is 7.18. The van der Waals surface area contributed by atoms with Crippen molar-refractivity contribution >= 4 is 5.91 Å². The van der Waals surface area contributed by atoms with E-state index in [-0.39, 0.29) is 5.91 Å². The van der Waals surface area contributed by atoms with Crippen LogP contribution in [0.3, 0.4) is 0 Å². The van der Waals surface area contributed by atoms with E-state index in [1.807, 2.05) is 0 Å². The van der Waals surface area contributed by atoms with Gasteiger partial charge in [-0.1, -0.05) is 12.8 Å². The van der Waals surface area contributed by atoms with Crippen LogP contribution in [0.5, 0.6) is 0 Å². The molecule has 0 aromatic rings. The lowest BCUT2D eigenvalue weighted by Gasteiger charge is -2.29. The summed E-state index contributed by atoms with van der Waals surface area (Å²) in [7, 11) is 0. The molecule has 0 spiro atoms. The fraction of sp³-hybridized carbons (Fsp3) is 0.909. The quantitative estimate of drug-likeness (QED) is 0.624. The highest BCUT2D eigenvalue weighted by Crippen LogP contribution is 2.28. The van der Waals surface area contributed by atoms with Gasteiger partial charge in [0.2, 0.25) is 5.91 Å². The van der Waals surface area contributed by atoms with Crippen molar-refractivity contribution in [3.63, 3.8) is 0 Å². The smallest absolute Gasteiger partial charge is 0.220 e. The average molecular weight is 212 g/mol. The molecule has 2 aliphatic rings. The Morgan fingerprint density at radius 3 is 2.80 bits per heavy atom. The number of hydrogen-bond acceptors (Lipinski definition) is 3. The van der Waals surface area contributed by atoms with Gasteiger partial charge in [0.05, 0.1) is 5.60 Å². The Hall–Kier alpha value is -0.610. The van der Waals surface area contributed by atoms with Crippen molar-refractivity contribution in [2.24, 2.45) is 0 Å². The molecule has 86 valence electrons. The molecule has 0 aromatic heterocycles. The van der Waals surface area contributed by atoms with Crippen molar-refractivity contribution in [1.82, 2.24) is 10.6 Å². The zero-order chi connectivity index (χ0) is 10.7. The first-order valence-electron chi connectivity index (χ1n) is 5.90. The minimum Gasteiger partial charge on any atom is -0.389 e. The van der Waals surface area contributed by atoms with Crippen LogP contribution in [0.15, 0.2) is 0 Å². The van der Waals surface area contributed by atoms with E-state index in [0.717, 1.165) is 32.1 Å². The van der Waals surface area contributed by atoms with Crippen LogP contribution in [0.1, 0.15) is 38.5 Å². The van der Waals surface area contributed by atoms with E-state index in [9.17, 15) is 9.90 Å². The summed E-state index contributed by atoms with van der Waals surface area (Å²) in [5.74, 6) is 0.146. The second-order valence-corrected chi connectivity index (χ2v) is 4.85. The molecule has 3 N–H and O–H groups in total. The highest BCUT2D eigenvalue weighted by Gasteiger charge is 2.31. The molecule has 15 heavy (non-hydrogen) atoms. The lowest BCUT2D eigenvalue weighted by atomic mass is 10.0. The topological polar surface area (TPSA) is 61.4 Å². The van der Waals surface area contributed by atoms with E-state index in [1.165, 1.54) is 0 Å². The zero-order valence-corrected chi connectivity index (χ0v) is 9.09. The van der Waals surface area contributed by atoms with Crippen molar-refractivity contribution in [3.8, 4) is 0 Å². The fourth-order valence-corrected chi connectivity index (χ4v) is 2.45. The number of piperidine rings is 1. The van der Waals surface area contributed by atoms with Crippen LogP contribution < -0.4 is 10.6 Å². The third-order valence-electron chi connectivity index (χ3n) is 3.52. The average Bonchev–Trinajstić information content (AvgIpc) is 2.65. The Morgan fingerprint density at radius 1 is 1.47 bits per heavy atom. The molecule has 1 unspecified atom stereocenters. The Kier molecular flexibility index (Phi) is 3.26. The van der Waals surface area contributed by atoms with Gasteiger partial charge < -0.3 is 15.7 Å². The first kappa shape index (κ1) is 10.9. The number of carbonyl (C=O) groups excluding carboxylic acids is 1. The highest BCUT2D eigenvalue weighted by atomic mass is 16.3. The van der Waals surface area contributed by atoms with Gasteiger partial charge in [-0.25, -0.2) is 0 Å². The van der Waals surface area contributed by atoms with Gasteiger partial charge in [-0.2, -0.15) is 0 Å². The summed E-state index contributed by atoms with van der Waals surface area (Å²) in [6, 6.07) is 0.340. The predicted octanol–water partition coefficient (Wildman–Crippen LogP) is 0.160. The van der Waals surface area contributed by atoms with Gasteiger partial charge in [-0.3, -0.25) is 4.79 Å². The lowest BCUT2D eigenvalue weighted by Crippen LogP contribution is -2.50. The minimum absolute atomic E-state index is 0.146. The van der Waals surface area contributed by atoms with Crippen molar-refractivity contribution < 1.29 is 9.90 Å². The summed E-state index contributed by atoms with van der Waals surface area (Å²) < 4.78 is 0. The van der Waals surface area contributed by atoms with Crippen LogP contribution in [-0.4, -0.2) is 35.7 Å². The van der Waals surface area contributed by atoms with Crippen LogP contribution in [0.2, 0.25) is 0 Å². The molecule has 1 heterocycles. The molecular formula is C11H20N2O2. The maximum Gasteiger partial charge on any atom is 0.220 e. The summed E-state index contributed by atoms with van der Waals surface area (Å²) in [4.78, 5) is 10.9. The summed E-state index contributed by atoms with van der Waals surface area (Å²) in [5, 5.41) is 16.3. The third kappa shape index (κ3) is 2.92. The Labute approximate surface area is 90.4 Å². The van der Waals surface area contributed by atoms with Crippen LogP contribution in [0, 0.1) is 0 Å². The number of nitrogens with one attached hydrogen (secondary N) is 2. The largest absolute Gasteiger partial charge is 0.389 e. The summed E-state index contributed by atoms with van der Waals surface area (Å²) in [5.41, 5.74) is -0.485. The number of hydrogen-bond donors (Lipinski definition) is 3. The van der Waals surface area contributed by atoms with E-state index < -0.39 is 5.60 Å². The van der Waals surface area contributed by atoms with Gasteiger partial charge in [0, 0.05) is 25.6 Å². The molecule has 0 aromatic carbocycles. The molecule has 1 atom stereocenters. The maximum absolute atomic E-state index is 10.9. The van der Waals surface area contributed by atoms with Crippen molar-refractivity contribution in [3.05, 3.63) is 0 Å². The molecule has 2 fully saturated rings. The van der Waals surface area contributed by atoms with Gasteiger partial charge in [-0.15, -0.1) is 0 Å². The molecular weight excluding hydrogens is 192 g/mol. The van der Waals surface area contributed by atoms with Gasteiger partial charge in [0.1, 0.15) is 0 Å². The minimum atomic E-state index is -0.485. The number of amides is 1.